The van der Waals surface area contributed by atoms with E-state index in [4.69, 9.17) is 0 Å². The number of carbonyl (C=O) groups is 1. The number of urea groups is 1. The molecule has 0 bridgehead atoms. The summed E-state index contributed by atoms with van der Waals surface area (Å²) in [5.41, 5.74) is 0.588. The Hall–Kier alpha value is -2.08. The third kappa shape index (κ3) is 2.92. The number of anilines is 1. The summed E-state index contributed by atoms with van der Waals surface area (Å²) in [6.45, 7) is 0.490. The van der Waals surface area contributed by atoms with Gasteiger partial charge in [-0.15, -0.1) is 11.8 Å². The SMILES string of the molecule is O=C(Nc1ccccc1F)N1CCS[C@H]1c1ccccc1F. The summed E-state index contributed by atoms with van der Waals surface area (Å²) in [7, 11) is 0. The van der Waals surface area contributed by atoms with Crippen molar-refractivity contribution in [3.05, 3.63) is 65.7 Å². The van der Waals surface area contributed by atoms with Gasteiger partial charge in [-0.05, 0) is 18.2 Å². The molecule has 1 fully saturated rings. The molecule has 1 N–H and O–H groups in total. The Morgan fingerprint density at radius 3 is 2.50 bits per heavy atom. The minimum absolute atomic E-state index is 0.122. The first-order valence-corrected chi connectivity index (χ1v) is 7.90. The number of benzene rings is 2. The van der Waals surface area contributed by atoms with Crippen LogP contribution in [0.1, 0.15) is 10.9 Å². The van der Waals surface area contributed by atoms with E-state index in [0.717, 1.165) is 0 Å². The van der Waals surface area contributed by atoms with E-state index in [-0.39, 0.29) is 11.5 Å². The van der Waals surface area contributed by atoms with Crippen molar-refractivity contribution in [2.45, 2.75) is 5.37 Å². The van der Waals surface area contributed by atoms with Gasteiger partial charge in [0.2, 0.25) is 0 Å². The number of hydrogen-bond acceptors (Lipinski definition) is 2. The number of nitrogens with one attached hydrogen (secondary N) is 1. The van der Waals surface area contributed by atoms with Crippen LogP contribution in [0.5, 0.6) is 0 Å². The average Bonchev–Trinajstić information content (AvgIpc) is 2.99. The first-order chi connectivity index (χ1) is 10.7. The molecule has 2 aromatic rings. The highest BCUT2D eigenvalue weighted by molar-refractivity contribution is 7.99. The minimum atomic E-state index is -0.495. The Bertz CT molecular complexity index is 695. The third-order valence-electron chi connectivity index (χ3n) is 3.44. The average molecular weight is 320 g/mol. The van der Waals surface area contributed by atoms with Crippen LogP contribution in [0.25, 0.3) is 0 Å². The van der Waals surface area contributed by atoms with Crippen LogP contribution in [-0.4, -0.2) is 23.2 Å². The molecule has 1 saturated heterocycles. The van der Waals surface area contributed by atoms with Gasteiger partial charge in [0.05, 0.1) is 5.69 Å². The van der Waals surface area contributed by atoms with Crippen LogP contribution in [0, 0.1) is 11.6 Å². The molecule has 0 aromatic heterocycles. The molecule has 1 atom stereocenters. The topological polar surface area (TPSA) is 32.3 Å². The maximum Gasteiger partial charge on any atom is 0.323 e. The third-order valence-corrected chi connectivity index (χ3v) is 4.68. The van der Waals surface area contributed by atoms with Gasteiger partial charge in [0.25, 0.3) is 0 Å². The van der Waals surface area contributed by atoms with Gasteiger partial charge in [0.15, 0.2) is 0 Å². The van der Waals surface area contributed by atoms with Gasteiger partial charge in [0, 0.05) is 17.9 Å². The highest BCUT2D eigenvalue weighted by Crippen LogP contribution is 2.39. The van der Waals surface area contributed by atoms with Crippen LogP contribution in [0.2, 0.25) is 0 Å². The predicted octanol–water partition coefficient (Wildman–Crippen LogP) is 4.24. The largest absolute Gasteiger partial charge is 0.323 e. The maximum absolute atomic E-state index is 13.9. The fraction of sp³-hybridized carbons (Fsp3) is 0.188. The zero-order valence-electron chi connectivity index (χ0n) is 11.6. The summed E-state index contributed by atoms with van der Waals surface area (Å²) >= 11 is 1.49. The van der Waals surface area contributed by atoms with Gasteiger partial charge in [-0.3, -0.25) is 0 Å². The fourth-order valence-electron chi connectivity index (χ4n) is 2.36. The Balaban J connectivity index is 1.80. The van der Waals surface area contributed by atoms with E-state index in [9.17, 15) is 13.6 Å². The number of nitrogens with zero attached hydrogens (tertiary/aromatic N) is 1. The molecule has 6 heteroatoms. The monoisotopic (exact) mass is 320 g/mol. The summed E-state index contributed by atoms with van der Waals surface area (Å²) in [4.78, 5) is 13.9. The molecule has 0 radical (unpaired) electrons. The quantitative estimate of drug-likeness (QED) is 0.897. The number of rotatable bonds is 2. The summed E-state index contributed by atoms with van der Waals surface area (Å²) in [5.74, 6) is -0.125. The lowest BCUT2D eigenvalue weighted by Gasteiger charge is -2.24. The van der Waals surface area contributed by atoms with Crippen molar-refractivity contribution in [1.82, 2.24) is 4.90 Å². The van der Waals surface area contributed by atoms with Crippen LogP contribution in [-0.2, 0) is 0 Å². The van der Waals surface area contributed by atoms with Crippen LogP contribution in [0.3, 0.4) is 0 Å². The molecular weight excluding hydrogens is 306 g/mol. The van der Waals surface area contributed by atoms with Crippen molar-refractivity contribution < 1.29 is 13.6 Å². The molecule has 2 aromatic carbocycles. The van der Waals surface area contributed by atoms with E-state index in [1.165, 1.54) is 34.9 Å². The van der Waals surface area contributed by atoms with E-state index in [0.29, 0.717) is 17.9 Å². The number of halogens is 2. The Morgan fingerprint density at radius 1 is 1.09 bits per heavy atom. The molecule has 1 aliphatic heterocycles. The van der Waals surface area contributed by atoms with E-state index < -0.39 is 17.2 Å². The summed E-state index contributed by atoms with van der Waals surface area (Å²) in [6.07, 6.45) is 0. The Morgan fingerprint density at radius 2 is 1.77 bits per heavy atom. The van der Waals surface area contributed by atoms with Gasteiger partial charge in [0.1, 0.15) is 17.0 Å². The minimum Gasteiger partial charge on any atom is -0.307 e. The standard InChI is InChI=1S/C16H14F2N2OS/c17-12-6-2-1-5-11(12)15-20(9-10-22-15)16(21)19-14-8-4-3-7-13(14)18/h1-8,15H,9-10H2,(H,19,21)/t15-/m0/s1. The van der Waals surface area contributed by atoms with Crippen molar-refractivity contribution in [3.63, 3.8) is 0 Å². The smallest absolute Gasteiger partial charge is 0.307 e. The van der Waals surface area contributed by atoms with E-state index in [1.54, 1.807) is 30.3 Å². The molecule has 0 spiro atoms. The summed E-state index contributed by atoms with van der Waals surface area (Å²) in [6, 6.07) is 11.9. The van der Waals surface area contributed by atoms with Gasteiger partial charge in [-0.2, -0.15) is 0 Å². The molecule has 22 heavy (non-hydrogen) atoms. The molecule has 114 valence electrons. The Labute approximate surface area is 131 Å². The molecule has 3 rings (SSSR count). The highest BCUT2D eigenvalue weighted by Gasteiger charge is 2.32. The van der Waals surface area contributed by atoms with Gasteiger partial charge in [-0.1, -0.05) is 30.3 Å². The van der Waals surface area contributed by atoms with Crippen molar-refractivity contribution in [1.29, 1.82) is 0 Å². The normalized spacial score (nSPS) is 17.5. The van der Waals surface area contributed by atoms with Crippen LogP contribution < -0.4 is 5.32 Å². The predicted molar refractivity (Wildman–Crippen MR) is 83.7 cm³/mol. The number of thioether (sulfide) groups is 1. The lowest BCUT2D eigenvalue weighted by molar-refractivity contribution is 0.213. The molecular formula is C16H14F2N2OS. The Kier molecular flexibility index (Phi) is 4.29. The zero-order valence-corrected chi connectivity index (χ0v) is 12.4. The second kappa shape index (κ2) is 6.36. The molecule has 0 unspecified atom stereocenters. The molecule has 1 heterocycles. The number of hydrogen-bond donors (Lipinski definition) is 1. The maximum atomic E-state index is 13.9. The van der Waals surface area contributed by atoms with Crippen molar-refractivity contribution in [3.8, 4) is 0 Å². The lowest BCUT2D eigenvalue weighted by Crippen LogP contribution is -2.34. The van der Waals surface area contributed by atoms with Gasteiger partial charge < -0.3 is 10.2 Å². The van der Waals surface area contributed by atoms with Crippen LogP contribution >= 0.6 is 11.8 Å². The second-order valence-electron chi connectivity index (χ2n) is 4.85. The van der Waals surface area contributed by atoms with Gasteiger partial charge >= 0.3 is 6.03 Å². The molecule has 1 aliphatic rings. The van der Waals surface area contributed by atoms with Crippen LogP contribution in [0.15, 0.2) is 48.5 Å². The van der Waals surface area contributed by atoms with Crippen molar-refractivity contribution in [2.24, 2.45) is 0 Å². The van der Waals surface area contributed by atoms with E-state index >= 15 is 0 Å². The highest BCUT2D eigenvalue weighted by atomic mass is 32.2. The lowest BCUT2D eigenvalue weighted by atomic mass is 10.2. The van der Waals surface area contributed by atoms with Crippen molar-refractivity contribution in [2.75, 3.05) is 17.6 Å². The molecule has 0 saturated carbocycles. The summed E-state index contributed by atoms with van der Waals surface area (Å²) < 4.78 is 27.6. The van der Waals surface area contributed by atoms with E-state index in [2.05, 4.69) is 5.32 Å². The number of carbonyl (C=O) groups excluding carboxylic acids is 1. The second-order valence-corrected chi connectivity index (χ2v) is 6.04. The van der Waals surface area contributed by atoms with E-state index in [1.807, 2.05) is 0 Å². The first-order valence-electron chi connectivity index (χ1n) is 6.85. The zero-order chi connectivity index (χ0) is 15.5. The van der Waals surface area contributed by atoms with Crippen LogP contribution in [0.4, 0.5) is 19.3 Å². The number of amides is 2. The van der Waals surface area contributed by atoms with Gasteiger partial charge in [-0.25, -0.2) is 13.6 Å². The molecule has 2 amide bonds. The molecule has 3 nitrogen and oxygen atoms in total. The number of para-hydroxylation sites is 1. The van der Waals surface area contributed by atoms with Crippen molar-refractivity contribution >= 4 is 23.5 Å². The fourth-order valence-corrected chi connectivity index (χ4v) is 3.64. The summed E-state index contributed by atoms with van der Waals surface area (Å²) in [5, 5.41) is 2.15. The molecule has 0 aliphatic carbocycles. The first kappa shape index (κ1) is 14.8.